The van der Waals surface area contributed by atoms with Crippen LogP contribution >= 0.6 is 45.9 Å². The van der Waals surface area contributed by atoms with E-state index >= 15 is 0 Å². The van der Waals surface area contributed by atoms with Gasteiger partial charge in [-0.2, -0.15) is 9.64 Å². The van der Waals surface area contributed by atoms with Crippen LogP contribution in [0.3, 0.4) is 0 Å². The van der Waals surface area contributed by atoms with Crippen molar-refractivity contribution in [3.05, 3.63) is 47.0 Å². The van der Waals surface area contributed by atoms with Gasteiger partial charge in [0.25, 0.3) is 0 Å². The molecule has 11 nitrogen and oxygen atoms in total. The van der Waals surface area contributed by atoms with Gasteiger partial charge in [-0.25, -0.2) is 13.4 Å². The van der Waals surface area contributed by atoms with Gasteiger partial charge >= 0.3 is 5.97 Å². The molecule has 2 atom stereocenters. The number of aromatic nitrogens is 2. The molecule has 0 amide bonds. The highest BCUT2D eigenvalue weighted by atomic mass is 127. The first-order valence-electron chi connectivity index (χ1n) is 9.67. The lowest BCUT2D eigenvalue weighted by atomic mass is 9.84. The molecule has 35 heavy (non-hydrogen) atoms. The van der Waals surface area contributed by atoms with Gasteiger partial charge in [-0.1, -0.05) is 34.7 Å². The van der Waals surface area contributed by atoms with Crippen LogP contribution in [-0.2, 0) is 14.8 Å². The molecule has 2 heterocycles. The number of rotatable bonds is 7. The normalized spacial score (nSPS) is 17.7. The van der Waals surface area contributed by atoms with E-state index in [2.05, 4.69) is 30.4 Å². The van der Waals surface area contributed by atoms with E-state index in [1.807, 2.05) is 0 Å². The predicted octanol–water partition coefficient (Wildman–Crippen LogP) is 4.29. The number of pyridine rings is 1. The number of thioether (sulfide) groups is 1. The molecule has 0 aliphatic heterocycles. The van der Waals surface area contributed by atoms with E-state index in [-0.39, 0.29) is 26.3 Å². The summed E-state index contributed by atoms with van der Waals surface area (Å²) in [6.45, 7) is 0. The fraction of sp³-hybridized carbons (Fsp3) is 0.200. The van der Waals surface area contributed by atoms with Gasteiger partial charge in [-0.05, 0) is 41.6 Å². The number of carbonyl (C=O) groups is 1. The average Bonchev–Trinajstić information content (AvgIpc) is 3.24. The summed E-state index contributed by atoms with van der Waals surface area (Å²) in [5.74, 6) is -2.59. The number of azo groups is 1. The van der Waals surface area contributed by atoms with Crippen LogP contribution in [0, 0.1) is 17.2 Å². The molecule has 3 N–H and O–H groups in total. The Bertz CT molecular complexity index is 1550. The maximum absolute atomic E-state index is 12.2. The molecule has 2 unspecified atom stereocenters. The number of anilines is 1. The van der Waals surface area contributed by atoms with E-state index in [4.69, 9.17) is 0 Å². The number of alkyl halides is 1. The summed E-state index contributed by atoms with van der Waals surface area (Å²) >= 11 is 4.02. The molecule has 0 spiro atoms. The van der Waals surface area contributed by atoms with Crippen LogP contribution < -0.4 is 4.72 Å². The zero-order valence-electron chi connectivity index (χ0n) is 17.7. The molecule has 1 aromatic carbocycles. The van der Waals surface area contributed by atoms with E-state index in [1.165, 1.54) is 36.0 Å². The first-order chi connectivity index (χ1) is 16.7. The summed E-state index contributed by atoms with van der Waals surface area (Å²) in [4.78, 5) is 16.1. The molecule has 0 fully saturated rings. The molecule has 180 valence electrons. The van der Waals surface area contributed by atoms with Crippen LogP contribution in [0.25, 0.3) is 16.7 Å². The molecule has 2 aromatic heterocycles. The van der Waals surface area contributed by atoms with Gasteiger partial charge in [0.1, 0.15) is 20.8 Å². The number of aliphatic hydroxyl groups is 1. The van der Waals surface area contributed by atoms with Gasteiger partial charge in [0.15, 0.2) is 10.6 Å². The van der Waals surface area contributed by atoms with E-state index in [0.29, 0.717) is 26.6 Å². The molecule has 1 aliphatic rings. The number of aliphatic hydroxyl groups excluding tert-OH is 1. The maximum Gasteiger partial charge on any atom is 0.313 e. The highest BCUT2D eigenvalue weighted by molar-refractivity contribution is 14.1. The van der Waals surface area contributed by atoms with Crippen LogP contribution in [-0.4, -0.2) is 44.0 Å². The number of carboxylic acids is 1. The first kappa shape index (κ1) is 25.4. The lowest BCUT2D eigenvalue weighted by molar-refractivity contribution is -0.143. The van der Waals surface area contributed by atoms with Crippen molar-refractivity contribution in [1.29, 1.82) is 5.26 Å². The van der Waals surface area contributed by atoms with Crippen LogP contribution in [0.1, 0.15) is 22.8 Å². The molecular formula is C20H15IN6O5S3. The number of sulfonamides is 1. The number of nitriles is 1. The SMILES string of the molecule is CSc1nc2nsc(N=NC3=CC(C(=O)O)C(O)c4cccc(NS(=O)(=O)CI)c43)c2cc1C#N. The minimum absolute atomic E-state index is 0.0696. The molecule has 3 aromatic rings. The summed E-state index contributed by atoms with van der Waals surface area (Å²) in [5.41, 5.74) is 1.38. The molecule has 0 radical (unpaired) electrons. The van der Waals surface area contributed by atoms with Crippen molar-refractivity contribution < 1.29 is 23.4 Å². The fourth-order valence-corrected chi connectivity index (χ4v) is 5.63. The number of benzene rings is 1. The number of aliphatic carboxylic acids is 1. The van der Waals surface area contributed by atoms with E-state index in [1.54, 1.807) is 34.9 Å². The lowest BCUT2D eigenvalue weighted by Gasteiger charge is -2.26. The predicted molar refractivity (Wildman–Crippen MR) is 140 cm³/mol. The third-order valence-corrected chi connectivity index (χ3v) is 9.74. The van der Waals surface area contributed by atoms with Crippen molar-refractivity contribution >= 4 is 89.3 Å². The minimum atomic E-state index is -3.69. The van der Waals surface area contributed by atoms with E-state index < -0.39 is 28.0 Å². The Labute approximate surface area is 221 Å². The number of nitrogens with zero attached hydrogens (tertiary/aromatic N) is 5. The summed E-state index contributed by atoms with van der Waals surface area (Å²) < 4.78 is 30.9. The Hall–Kier alpha value is -2.65. The molecule has 0 saturated carbocycles. The molecule has 0 saturated heterocycles. The third-order valence-electron chi connectivity index (χ3n) is 5.02. The van der Waals surface area contributed by atoms with Crippen LogP contribution in [0.5, 0.6) is 0 Å². The standard InChI is InChI=1S/C20H15IN6O5S3/c1-33-18-9(7-22)5-12-17(23-18)26-34-19(12)25-24-14-6-11(20(29)30)16(28)10-3-2-4-13(15(10)14)27-35(31,32)8-21/h2-6,11,16,27-28H,8H2,1H3,(H,29,30). The van der Waals surface area contributed by atoms with Gasteiger partial charge < -0.3 is 10.2 Å². The van der Waals surface area contributed by atoms with Gasteiger partial charge in [0.2, 0.25) is 10.0 Å². The van der Waals surface area contributed by atoms with Crippen molar-refractivity contribution in [2.75, 3.05) is 14.7 Å². The van der Waals surface area contributed by atoms with Gasteiger partial charge in [0.05, 0.1) is 28.4 Å². The second-order valence-corrected chi connectivity index (χ2v) is 12.2. The van der Waals surface area contributed by atoms with Crippen molar-refractivity contribution in [3.63, 3.8) is 0 Å². The quantitative estimate of drug-likeness (QED) is 0.147. The number of hydrogen-bond donors (Lipinski definition) is 3. The van der Waals surface area contributed by atoms with Crippen molar-refractivity contribution in [2.24, 2.45) is 16.1 Å². The maximum atomic E-state index is 12.2. The molecule has 15 heteroatoms. The summed E-state index contributed by atoms with van der Waals surface area (Å²) in [5, 5.41) is 39.5. The first-order valence-corrected chi connectivity index (χ1v) is 14.9. The van der Waals surface area contributed by atoms with E-state index in [9.17, 15) is 28.7 Å². The second kappa shape index (κ2) is 10.1. The Morgan fingerprint density at radius 3 is 2.83 bits per heavy atom. The van der Waals surface area contributed by atoms with Crippen LogP contribution in [0.2, 0.25) is 0 Å². The second-order valence-electron chi connectivity index (χ2n) is 7.17. The zero-order chi connectivity index (χ0) is 25.3. The number of fused-ring (bicyclic) bond motifs is 2. The Kier molecular flexibility index (Phi) is 7.38. The smallest absolute Gasteiger partial charge is 0.313 e. The zero-order valence-corrected chi connectivity index (χ0v) is 22.3. The third kappa shape index (κ3) is 5.02. The topological polar surface area (TPSA) is 178 Å². The number of halogens is 1. The lowest BCUT2D eigenvalue weighted by Crippen LogP contribution is -2.25. The van der Waals surface area contributed by atoms with E-state index in [0.717, 1.165) is 11.5 Å². The summed E-state index contributed by atoms with van der Waals surface area (Å²) in [6, 6.07) is 8.21. The number of carboxylic acid groups (broad SMARTS) is 1. The highest BCUT2D eigenvalue weighted by Gasteiger charge is 2.35. The molecule has 4 rings (SSSR count). The molecule has 1 aliphatic carbocycles. The average molecular weight is 642 g/mol. The fourth-order valence-electron chi connectivity index (χ4n) is 3.47. The molecular weight excluding hydrogens is 627 g/mol. The van der Waals surface area contributed by atoms with Crippen molar-refractivity contribution in [3.8, 4) is 6.07 Å². The Morgan fingerprint density at radius 2 is 2.17 bits per heavy atom. The number of hydrogen-bond acceptors (Lipinski definition) is 11. The minimum Gasteiger partial charge on any atom is -0.481 e. The molecule has 0 bridgehead atoms. The largest absolute Gasteiger partial charge is 0.481 e. The van der Waals surface area contributed by atoms with Crippen molar-refractivity contribution in [2.45, 2.75) is 11.1 Å². The van der Waals surface area contributed by atoms with Gasteiger partial charge in [-0.3, -0.25) is 9.52 Å². The monoisotopic (exact) mass is 642 g/mol. The Morgan fingerprint density at radius 1 is 1.40 bits per heavy atom. The van der Waals surface area contributed by atoms with Crippen LogP contribution in [0.15, 0.2) is 45.6 Å². The van der Waals surface area contributed by atoms with Gasteiger partial charge in [0, 0.05) is 5.56 Å². The van der Waals surface area contributed by atoms with Crippen molar-refractivity contribution in [1.82, 2.24) is 9.36 Å². The summed E-state index contributed by atoms with van der Waals surface area (Å²) in [6.07, 6.45) is 1.61. The summed E-state index contributed by atoms with van der Waals surface area (Å²) in [7, 11) is -3.69. The highest BCUT2D eigenvalue weighted by Crippen LogP contribution is 2.42. The van der Waals surface area contributed by atoms with Crippen LogP contribution in [0.4, 0.5) is 10.7 Å². The Balaban J connectivity index is 1.85. The van der Waals surface area contributed by atoms with Gasteiger partial charge in [-0.15, -0.1) is 22.0 Å². The number of nitrogens with one attached hydrogen (secondary N) is 1.